The molecule has 7 nitrogen and oxygen atoms in total. The zero-order chi connectivity index (χ0) is 14.9. The number of amides is 1. The Labute approximate surface area is 123 Å². The molecule has 7 heteroatoms. The third kappa shape index (κ3) is 2.84. The highest BCUT2D eigenvalue weighted by atomic mass is 16.5. The van der Waals surface area contributed by atoms with Crippen LogP contribution in [0.3, 0.4) is 0 Å². The summed E-state index contributed by atoms with van der Waals surface area (Å²) >= 11 is 0. The number of nitrogens with zero attached hydrogens (tertiary/aromatic N) is 4. The zero-order valence-electron chi connectivity index (χ0n) is 12.4. The van der Waals surface area contributed by atoms with Crippen LogP contribution in [0.25, 0.3) is 0 Å². The van der Waals surface area contributed by atoms with Crippen molar-refractivity contribution < 1.29 is 14.3 Å². The molecule has 0 unspecified atom stereocenters. The normalized spacial score (nSPS) is 21.6. The van der Waals surface area contributed by atoms with E-state index in [1.165, 1.54) is 6.33 Å². The highest BCUT2D eigenvalue weighted by Gasteiger charge is 2.37. The molecule has 2 fully saturated rings. The van der Waals surface area contributed by atoms with Crippen LogP contribution < -0.4 is 4.90 Å². The van der Waals surface area contributed by atoms with Crippen LogP contribution in [0, 0.1) is 0 Å². The van der Waals surface area contributed by atoms with Gasteiger partial charge in [-0.1, -0.05) is 0 Å². The van der Waals surface area contributed by atoms with Crippen LogP contribution in [0.4, 0.5) is 5.82 Å². The molecule has 114 valence electrons. The maximum atomic E-state index is 12.6. The van der Waals surface area contributed by atoms with Crippen LogP contribution >= 0.6 is 0 Å². The molecule has 2 saturated heterocycles. The van der Waals surface area contributed by atoms with E-state index in [4.69, 9.17) is 9.47 Å². The van der Waals surface area contributed by atoms with Crippen LogP contribution in [0.5, 0.6) is 0 Å². The van der Waals surface area contributed by atoms with Crippen molar-refractivity contribution in [3.63, 3.8) is 0 Å². The van der Waals surface area contributed by atoms with E-state index in [2.05, 4.69) is 14.9 Å². The molecule has 0 aliphatic carbocycles. The minimum absolute atomic E-state index is 0.116. The number of ether oxygens (including phenoxy) is 2. The third-order valence-electron chi connectivity index (χ3n) is 3.86. The van der Waals surface area contributed by atoms with Crippen LogP contribution in [0.15, 0.2) is 12.4 Å². The minimum atomic E-state index is -0.304. The lowest BCUT2D eigenvalue weighted by molar-refractivity contribution is 0.0599. The van der Waals surface area contributed by atoms with Crippen molar-refractivity contribution in [3.05, 3.63) is 18.1 Å². The van der Waals surface area contributed by atoms with E-state index in [0.29, 0.717) is 32.2 Å². The summed E-state index contributed by atoms with van der Waals surface area (Å²) in [6.45, 7) is 7.75. The van der Waals surface area contributed by atoms with Crippen LogP contribution in [-0.4, -0.2) is 66.0 Å². The summed E-state index contributed by atoms with van der Waals surface area (Å²) in [5.74, 6) is 0.656. The number of carbonyl (C=O) groups excluding carboxylic acids is 1. The Kier molecular flexibility index (Phi) is 3.77. The van der Waals surface area contributed by atoms with Crippen molar-refractivity contribution in [1.29, 1.82) is 0 Å². The van der Waals surface area contributed by atoms with Crippen LogP contribution in [0.2, 0.25) is 0 Å². The number of anilines is 1. The van der Waals surface area contributed by atoms with Crippen molar-refractivity contribution in [1.82, 2.24) is 14.9 Å². The molecule has 0 radical (unpaired) electrons. The van der Waals surface area contributed by atoms with E-state index in [0.717, 1.165) is 18.9 Å². The Morgan fingerprint density at radius 1 is 1.24 bits per heavy atom. The van der Waals surface area contributed by atoms with Gasteiger partial charge in [-0.25, -0.2) is 9.97 Å². The molecule has 1 aromatic rings. The summed E-state index contributed by atoms with van der Waals surface area (Å²) in [4.78, 5) is 24.8. The highest BCUT2D eigenvalue weighted by molar-refractivity contribution is 5.93. The fourth-order valence-electron chi connectivity index (χ4n) is 2.54. The first-order valence-corrected chi connectivity index (χ1v) is 7.12. The summed E-state index contributed by atoms with van der Waals surface area (Å²) in [5, 5.41) is 0. The number of hydrogen-bond acceptors (Lipinski definition) is 6. The number of hydrogen-bond donors (Lipinski definition) is 0. The van der Waals surface area contributed by atoms with Crippen LogP contribution in [-0.2, 0) is 9.47 Å². The molecule has 2 aliphatic rings. The van der Waals surface area contributed by atoms with Crippen molar-refractivity contribution in [2.45, 2.75) is 19.4 Å². The Morgan fingerprint density at radius 2 is 2.00 bits per heavy atom. The number of carbonyl (C=O) groups is 1. The van der Waals surface area contributed by atoms with Gasteiger partial charge in [0.15, 0.2) is 0 Å². The number of aromatic nitrogens is 2. The molecule has 3 heterocycles. The van der Waals surface area contributed by atoms with Gasteiger partial charge < -0.3 is 19.3 Å². The predicted molar refractivity (Wildman–Crippen MR) is 76.1 cm³/mol. The average Bonchev–Trinajstić information content (AvgIpc) is 2.87. The second-order valence-corrected chi connectivity index (χ2v) is 5.88. The summed E-state index contributed by atoms with van der Waals surface area (Å²) in [7, 11) is 0. The maximum Gasteiger partial charge on any atom is 0.275 e. The van der Waals surface area contributed by atoms with Gasteiger partial charge >= 0.3 is 0 Å². The SMILES string of the molecule is CC1(C)COCN1C(=O)c1cc(N2CCOCC2)ncn1. The van der Waals surface area contributed by atoms with Crippen molar-refractivity contribution >= 4 is 11.7 Å². The van der Waals surface area contributed by atoms with E-state index in [9.17, 15) is 4.79 Å². The summed E-state index contributed by atoms with van der Waals surface area (Å²) in [5.41, 5.74) is 0.103. The lowest BCUT2D eigenvalue weighted by Crippen LogP contribution is -2.44. The van der Waals surface area contributed by atoms with E-state index in [-0.39, 0.29) is 11.4 Å². The Bertz CT molecular complexity index is 529. The van der Waals surface area contributed by atoms with E-state index >= 15 is 0 Å². The van der Waals surface area contributed by atoms with Crippen molar-refractivity contribution in [2.24, 2.45) is 0 Å². The zero-order valence-corrected chi connectivity index (χ0v) is 12.4. The Morgan fingerprint density at radius 3 is 2.67 bits per heavy atom. The minimum Gasteiger partial charge on any atom is -0.378 e. The van der Waals surface area contributed by atoms with E-state index < -0.39 is 0 Å². The molecular weight excluding hydrogens is 272 g/mol. The van der Waals surface area contributed by atoms with Crippen molar-refractivity contribution in [3.8, 4) is 0 Å². The Balaban J connectivity index is 1.80. The quantitative estimate of drug-likeness (QED) is 0.792. The molecule has 0 bridgehead atoms. The van der Waals surface area contributed by atoms with Crippen molar-refractivity contribution in [2.75, 3.05) is 44.5 Å². The largest absolute Gasteiger partial charge is 0.378 e. The average molecular weight is 292 g/mol. The first kappa shape index (κ1) is 14.2. The fraction of sp³-hybridized carbons (Fsp3) is 0.643. The molecule has 1 amide bonds. The molecule has 0 saturated carbocycles. The smallest absolute Gasteiger partial charge is 0.275 e. The standard InChI is InChI=1S/C14H20N4O3/c1-14(2)8-21-10-18(14)13(19)11-7-12(16-9-15-11)17-3-5-20-6-4-17/h7,9H,3-6,8,10H2,1-2H3. The molecule has 0 aromatic carbocycles. The second-order valence-electron chi connectivity index (χ2n) is 5.88. The number of rotatable bonds is 2. The summed E-state index contributed by atoms with van der Waals surface area (Å²) in [6.07, 6.45) is 1.45. The van der Waals surface area contributed by atoms with Gasteiger partial charge in [0.05, 0.1) is 25.4 Å². The molecule has 0 N–H and O–H groups in total. The predicted octanol–water partition coefficient (Wildman–Crippen LogP) is 0.522. The van der Waals surface area contributed by atoms with Gasteiger partial charge in [-0.05, 0) is 13.8 Å². The molecule has 21 heavy (non-hydrogen) atoms. The number of morpholine rings is 1. The van der Waals surface area contributed by atoms with Gasteiger partial charge in [-0.15, -0.1) is 0 Å². The summed E-state index contributed by atoms with van der Waals surface area (Å²) < 4.78 is 10.7. The molecule has 1 aromatic heterocycles. The molecule has 2 aliphatic heterocycles. The van der Waals surface area contributed by atoms with E-state index in [1.807, 2.05) is 13.8 Å². The maximum absolute atomic E-state index is 12.6. The van der Waals surface area contributed by atoms with Gasteiger partial charge in [0.2, 0.25) is 0 Å². The molecular formula is C14H20N4O3. The van der Waals surface area contributed by atoms with Gasteiger partial charge in [0.1, 0.15) is 24.6 Å². The van der Waals surface area contributed by atoms with Gasteiger partial charge in [-0.2, -0.15) is 0 Å². The Hall–Kier alpha value is -1.73. The third-order valence-corrected chi connectivity index (χ3v) is 3.86. The molecule has 3 rings (SSSR count). The first-order valence-electron chi connectivity index (χ1n) is 7.12. The summed E-state index contributed by atoms with van der Waals surface area (Å²) in [6, 6.07) is 1.75. The van der Waals surface area contributed by atoms with Crippen LogP contribution in [0.1, 0.15) is 24.3 Å². The van der Waals surface area contributed by atoms with Gasteiger partial charge in [-0.3, -0.25) is 4.79 Å². The highest BCUT2D eigenvalue weighted by Crippen LogP contribution is 2.24. The van der Waals surface area contributed by atoms with Gasteiger partial charge in [0.25, 0.3) is 5.91 Å². The fourth-order valence-corrected chi connectivity index (χ4v) is 2.54. The lowest BCUT2D eigenvalue weighted by Gasteiger charge is -2.30. The van der Waals surface area contributed by atoms with Gasteiger partial charge in [0, 0.05) is 19.2 Å². The topological polar surface area (TPSA) is 67.8 Å². The van der Waals surface area contributed by atoms with E-state index in [1.54, 1.807) is 11.0 Å². The second kappa shape index (κ2) is 5.57. The molecule has 0 atom stereocenters. The first-order chi connectivity index (χ1) is 10.1. The molecule has 0 spiro atoms. The monoisotopic (exact) mass is 292 g/mol. The lowest BCUT2D eigenvalue weighted by atomic mass is 10.1.